The van der Waals surface area contributed by atoms with Gasteiger partial charge >= 0.3 is 0 Å². The van der Waals surface area contributed by atoms with Crippen molar-refractivity contribution in [2.75, 3.05) is 5.32 Å². The summed E-state index contributed by atoms with van der Waals surface area (Å²) >= 11 is 0. The van der Waals surface area contributed by atoms with Gasteiger partial charge in [0.25, 0.3) is 11.8 Å². The molecule has 4 aliphatic carbocycles. The Morgan fingerprint density at radius 2 is 1.57 bits per heavy atom. The minimum atomic E-state index is -0.238. The molecule has 6 heteroatoms. The fourth-order valence-corrected chi connectivity index (χ4v) is 7.25. The van der Waals surface area contributed by atoms with Gasteiger partial charge in [-0.05, 0) is 110 Å². The maximum atomic E-state index is 13.2. The monoisotopic (exact) mass is 490 g/mol. The summed E-state index contributed by atoms with van der Waals surface area (Å²) in [5, 5.41) is 7.32. The van der Waals surface area contributed by atoms with Gasteiger partial charge < -0.3 is 15.6 Å². The maximum absolute atomic E-state index is 13.2. The highest BCUT2D eigenvalue weighted by Gasteiger charge is 2.48. The molecule has 0 spiro atoms. The predicted octanol–water partition coefficient (Wildman–Crippen LogP) is 6.04. The molecule has 0 saturated heterocycles. The van der Waals surface area contributed by atoms with Crippen LogP contribution in [-0.4, -0.2) is 27.8 Å². The number of pyridine rings is 1. The zero-order valence-electron chi connectivity index (χ0n) is 20.6. The lowest BCUT2D eigenvalue weighted by Gasteiger charge is -2.54. The van der Waals surface area contributed by atoms with Crippen LogP contribution in [0.4, 0.5) is 5.69 Å². The molecule has 0 aliphatic heterocycles. The number of carbonyl (C=O) groups is 2. The Bertz CT molecular complexity index is 1450. The van der Waals surface area contributed by atoms with E-state index in [1.165, 1.54) is 32.1 Å². The van der Waals surface area contributed by atoms with Crippen LogP contribution >= 0.6 is 0 Å². The fraction of sp³-hybridized carbons (Fsp3) is 0.323. The number of benzene rings is 2. The number of aromatic amines is 1. The molecule has 0 unspecified atom stereocenters. The summed E-state index contributed by atoms with van der Waals surface area (Å²) in [4.78, 5) is 33.1. The van der Waals surface area contributed by atoms with Crippen LogP contribution in [-0.2, 0) is 0 Å². The Morgan fingerprint density at radius 1 is 0.811 bits per heavy atom. The molecule has 4 bridgehead atoms. The van der Waals surface area contributed by atoms with Gasteiger partial charge in [-0.2, -0.15) is 0 Å². The van der Waals surface area contributed by atoms with Crippen molar-refractivity contribution in [2.24, 2.45) is 23.7 Å². The van der Waals surface area contributed by atoms with Gasteiger partial charge in [-0.15, -0.1) is 0 Å². The average molecular weight is 491 g/mol. The Morgan fingerprint density at radius 3 is 2.27 bits per heavy atom. The largest absolute Gasteiger partial charge is 0.355 e. The third-order valence-electron chi connectivity index (χ3n) is 8.76. The minimum Gasteiger partial charge on any atom is -0.355 e. The van der Waals surface area contributed by atoms with Crippen LogP contribution in [0, 0.1) is 23.7 Å². The highest BCUT2D eigenvalue weighted by molar-refractivity contribution is 6.03. The number of fused-ring (bicyclic) bond motifs is 1. The van der Waals surface area contributed by atoms with Crippen molar-refractivity contribution in [1.29, 1.82) is 0 Å². The van der Waals surface area contributed by atoms with E-state index in [0.29, 0.717) is 29.3 Å². The van der Waals surface area contributed by atoms with Crippen molar-refractivity contribution in [3.63, 3.8) is 0 Å². The number of carbonyl (C=O) groups excluding carboxylic acids is 2. The maximum Gasteiger partial charge on any atom is 0.274 e. The van der Waals surface area contributed by atoms with E-state index in [1.54, 1.807) is 24.4 Å². The second-order valence-corrected chi connectivity index (χ2v) is 11.2. The molecule has 0 atom stereocenters. The number of H-pyrrole nitrogens is 1. The summed E-state index contributed by atoms with van der Waals surface area (Å²) in [6.07, 6.45) is 8.20. The summed E-state index contributed by atoms with van der Waals surface area (Å²) < 4.78 is 0. The molecule has 2 heterocycles. The lowest BCUT2D eigenvalue weighted by Crippen LogP contribution is -2.55. The minimum absolute atomic E-state index is 0.0510. The fourth-order valence-electron chi connectivity index (χ4n) is 7.25. The first-order valence-corrected chi connectivity index (χ1v) is 13.4. The molecule has 4 aromatic rings. The van der Waals surface area contributed by atoms with Gasteiger partial charge in [-0.1, -0.05) is 18.2 Å². The number of amides is 2. The van der Waals surface area contributed by atoms with Crippen LogP contribution in [0.2, 0.25) is 0 Å². The molecule has 4 saturated carbocycles. The number of hydrogen-bond donors (Lipinski definition) is 3. The third-order valence-corrected chi connectivity index (χ3v) is 8.76. The summed E-state index contributed by atoms with van der Waals surface area (Å²) in [5.74, 6) is 2.94. The number of rotatable bonds is 5. The van der Waals surface area contributed by atoms with Gasteiger partial charge in [0.2, 0.25) is 0 Å². The van der Waals surface area contributed by atoms with E-state index in [-0.39, 0.29) is 11.8 Å². The molecule has 2 aromatic carbocycles. The quantitative estimate of drug-likeness (QED) is 0.319. The summed E-state index contributed by atoms with van der Waals surface area (Å²) in [6, 6.07) is 21.3. The van der Waals surface area contributed by atoms with Gasteiger partial charge in [-0.3, -0.25) is 14.6 Å². The Kier molecular flexibility index (Phi) is 5.34. The summed E-state index contributed by atoms with van der Waals surface area (Å²) in [7, 11) is 0. The van der Waals surface area contributed by atoms with Crippen LogP contribution in [0.15, 0.2) is 72.9 Å². The lowest BCUT2D eigenvalue weighted by molar-refractivity contribution is -0.0119. The molecule has 4 fully saturated rings. The lowest BCUT2D eigenvalue weighted by atomic mass is 9.54. The van der Waals surface area contributed by atoms with Gasteiger partial charge in [0.1, 0.15) is 5.69 Å². The number of nitrogens with zero attached hydrogens (tertiary/aromatic N) is 1. The predicted molar refractivity (Wildman–Crippen MR) is 144 cm³/mol. The summed E-state index contributed by atoms with van der Waals surface area (Å²) in [5.41, 5.74) is 4.78. The second kappa shape index (κ2) is 8.87. The normalized spacial score (nSPS) is 25.8. The van der Waals surface area contributed by atoms with Crippen molar-refractivity contribution >= 4 is 28.4 Å². The van der Waals surface area contributed by atoms with E-state index in [9.17, 15) is 9.59 Å². The first-order valence-electron chi connectivity index (χ1n) is 13.4. The standard InChI is InChI=1S/C31H30N4O2/c36-30(35-29-23-12-18-11-19(14-23)15-24(29)13-18)21-6-9-26-22(16-21)17-28(34-26)20-4-7-25(8-5-20)33-31(37)27-3-1-2-10-32-27/h1-10,16-19,23-24,29,34H,11-15H2,(H,33,37)(H,35,36). The van der Waals surface area contributed by atoms with Crippen LogP contribution in [0.5, 0.6) is 0 Å². The first-order chi connectivity index (χ1) is 18.1. The molecule has 6 nitrogen and oxygen atoms in total. The SMILES string of the molecule is O=C(NC1C2CC3CC(C2)CC1C3)c1ccc2[nH]c(-c3ccc(NC(=O)c4ccccn4)cc3)cc2c1. The number of hydrogen-bond acceptors (Lipinski definition) is 3. The molecular weight excluding hydrogens is 460 g/mol. The first kappa shape index (κ1) is 22.3. The van der Waals surface area contributed by atoms with E-state index in [1.807, 2.05) is 42.5 Å². The molecule has 4 aliphatic rings. The van der Waals surface area contributed by atoms with E-state index < -0.39 is 0 Å². The van der Waals surface area contributed by atoms with Gasteiger partial charge in [0, 0.05) is 40.1 Å². The summed E-state index contributed by atoms with van der Waals surface area (Å²) in [6.45, 7) is 0. The van der Waals surface area contributed by atoms with E-state index in [4.69, 9.17) is 0 Å². The molecular formula is C31H30N4O2. The smallest absolute Gasteiger partial charge is 0.274 e. The Balaban J connectivity index is 1.05. The van der Waals surface area contributed by atoms with Crippen LogP contribution in [0.1, 0.15) is 53.0 Å². The number of anilines is 1. The third kappa shape index (κ3) is 4.20. The number of aromatic nitrogens is 2. The average Bonchev–Trinajstić information content (AvgIpc) is 3.35. The second-order valence-electron chi connectivity index (χ2n) is 11.2. The van der Waals surface area contributed by atoms with Crippen molar-refractivity contribution in [3.05, 3.63) is 84.2 Å². The van der Waals surface area contributed by atoms with Crippen LogP contribution in [0.25, 0.3) is 22.2 Å². The van der Waals surface area contributed by atoms with E-state index in [0.717, 1.165) is 39.6 Å². The van der Waals surface area contributed by atoms with Crippen LogP contribution < -0.4 is 10.6 Å². The molecule has 0 radical (unpaired) electrons. The zero-order chi connectivity index (χ0) is 24.9. The zero-order valence-corrected chi connectivity index (χ0v) is 20.6. The highest BCUT2D eigenvalue weighted by Crippen LogP contribution is 2.53. The van der Waals surface area contributed by atoms with E-state index in [2.05, 4.69) is 26.7 Å². The molecule has 3 N–H and O–H groups in total. The Hall–Kier alpha value is -3.93. The van der Waals surface area contributed by atoms with Gasteiger partial charge in [-0.25, -0.2) is 0 Å². The van der Waals surface area contributed by atoms with Crippen molar-refractivity contribution in [2.45, 2.75) is 38.1 Å². The molecule has 37 heavy (non-hydrogen) atoms. The molecule has 2 aromatic heterocycles. The van der Waals surface area contributed by atoms with Crippen molar-refractivity contribution in [3.8, 4) is 11.3 Å². The molecule has 186 valence electrons. The highest BCUT2D eigenvalue weighted by atomic mass is 16.2. The van der Waals surface area contributed by atoms with Crippen molar-refractivity contribution < 1.29 is 9.59 Å². The molecule has 2 amide bonds. The van der Waals surface area contributed by atoms with E-state index >= 15 is 0 Å². The van der Waals surface area contributed by atoms with Gasteiger partial charge in [0.05, 0.1) is 0 Å². The Labute approximate surface area is 215 Å². The van der Waals surface area contributed by atoms with Gasteiger partial charge in [0.15, 0.2) is 0 Å². The topological polar surface area (TPSA) is 86.9 Å². The van der Waals surface area contributed by atoms with Crippen molar-refractivity contribution in [1.82, 2.24) is 15.3 Å². The number of nitrogens with one attached hydrogen (secondary N) is 3. The molecule has 8 rings (SSSR count). The van der Waals surface area contributed by atoms with Crippen LogP contribution in [0.3, 0.4) is 0 Å².